The Balaban J connectivity index is 1.32. The van der Waals surface area contributed by atoms with Crippen molar-refractivity contribution in [3.8, 4) is 11.3 Å². The molecule has 1 aliphatic heterocycles. The Hall–Kier alpha value is -4.36. The Morgan fingerprint density at radius 3 is 2.61 bits per heavy atom. The van der Waals surface area contributed by atoms with Crippen molar-refractivity contribution in [2.24, 2.45) is 0 Å². The number of nitrogens with zero attached hydrogens (tertiary/aromatic N) is 3. The van der Waals surface area contributed by atoms with Crippen LogP contribution in [0.3, 0.4) is 0 Å². The van der Waals surface area contributed by atoms with Crippen LogP contribution in [0, 0.1) is 12.7 Å². The molecule has 6 rings (SSSR count). The normalized spacial score (nSPS) is 16.2. The van der Waals surface area contributed by atoms with Gasteiger partial charge in [-0.15, -0.1) is 21.5 Å². The summed E-state index contributed by atoms with van der Waals surface area (Å²) >= 11 is 1.03. The van der Waals surface area contributed by atoms with Crippen LogP contribution in [0.25, 0.3) is 11.3 Å². The predicted octanol–water partition coefficient (Wildman–Crippen LogP) is 5.42. The highest BCUT2D eigenvalue weighted by atomic mass is 32.1. The molecule has 2 aliphatic rings. The van der Waals surface area contributed by atoms with Crippen LogP contribution in [0.4, 0.5) is 18.9 Å². The summed E-state index contributed by atoms with van der Waals surface area (Å²) in [5.74, 6) is -5.76. The van der Waals surface area contributed by atoms with Gasteiger partial charge in [0.05, 0.1) is 17.9 Å². The molecule has 0 saturated heterocycles. The topological polar surface area (TPSA) is 115 Å². The second kappa shape index (κ2) is 11.3. The van der Waals surface area contributed by atoms with Crippen LogP contribution >= 0.6 is 11.3 Å². The van der Waals surface area contributed by atoms with E-state index in [1.165, 1.54) is 36.9 Å². The highest BCUT2D eigenvalue weighted by Crippen LogP contribution is 2.52. The molecule has 1 saturated carbocycles. The first-order chi connectivity index (χ1) is 21.0. The number of hydrogen-bond acceptors (Lipinski definition) is 7. The molecule has 0 bridgehead atoms. The SMILES string of the molecule is COCc1cc(NC(=O)c2c(C)c(-c3ccccc3C(=O)C(=O)NC3(c4nncs4)CC(F)(F)C3)n3c2CCC3)ccc1F. The molecule has 0 spiro atoms. The van der Waals surface area contributed by atoms with Crippen molar-refractivity contribution in [2.45, 2.75) is 57.2 Å². The zero-order valence-electron chi connectivity index (χ0n) is 23.9. The van der Waals surface area contributed by atoms with Crippen LogP contribution in [-0.2, 0) is 34.6 Å². The molecule has 1 aliphatic carbocycles. The summed E-state index contributed by atoms with van der Waals surface area (Å²) in [6.07, 6.45) is 0.0328. The fraction of sp³-hybridized carbons (Fsp3) is 0.323. The summed E-state index contributed by atoms with van der Waals surface area (Å²) in [5.41, 5.74) is 3.58. The van der Waals surface area contributed by atoms with Gasteiger partial charge in [0.15, 0.2) is 0 Å². The van der Waals surface area contributed by atoms with Gasteiger partial charge >= 0.3 is 0 Å². The number of nitrogens with one attached hydrogen (secondary N) is 2. The Labute approximate surface area is 254 Å². The number of amides is 2. The third-order valence-corrected chi connectivity index (χ3v) is 9.01. The lowest BCUT2D eigenvalue weighted by Gasteiger charge is -2.45. The number of carbonyl (C=O) groups excluding carboxylic acids is 3. The highest BCUT2D eigenvalue weighted by Gasteiger charge is 2.60. The quantitative estimate of drug-likeness (QED) is 0.190. The maximum atomic E-state index is 14.1. The number of anilines is 1. The van der Waals surface area contributed by atoms with E-state index in [0.29, 0.717) is 46.6 Å². The number of aromatic nitrogens is 3. The van der Waals surface area contributed by atoms with E-state index in [0.717, 1.165) is 23.5 Å². The zero-order chi connectivity index (χ0) is 31.2. The van der Waals surface area contributed by atoms with E-state index in [4.69, 9.17) is 4.74 Å². The van der Waals surface area contributed by atoms with E-state index >= 15 is 0 Å². The summed E-state index contributed by atoms with van der Waals surface area (Å²) in [4.78, 5) is 40.6. The number of carbonyl (C=O) groups is 3. The molecule has 2 aromatic carbocycles. The Morgan fingerprint density at radius 2 is 1.91 bits per heavy atom. The van der Waals surface area contributed by atoms with Crippen LogP contribution in [-0.4, -0.2) is 45.4 Å². The summed E-state index contributed by atoms with van der Waals surface area (Å²) in [6, 6.07) is 10.8. The number of methoxy groups -OCH3 is 1. The minimum atomic E-state index is -3.00. The van der Waals surface area contributed by atoms with Gasteiger partial charge in [-0.1, -0.05) is 24.3 Å². The summed E-state index contributed by atoms with van der Waals surface area (Å²) < 4.78 is 49.2. The number of hydrogen-bond donors (Lipinski definition) is 2. The van der Waals surface area contributed by atoms with Crippen molar-refractivity contribution in [1.29, 1.82) is 0 Å². The predicted molar refractivity (Wildman–Crippen MR) is 156 cm³/mol. The lowest BCUT2D eigenvalue weighted by Crippen LogP contribution is -2.60. The summed E-state index contributed by atoms with van der Waals surface area (Å²) in [5, 5.41) is 13.2. The van der Waals surface area contributed by atoms with Crippen LogP contribution in [0.15, 0.2) is 48.0 Å². The maximum absolute atomic E-state index is 14.1. The van der Waals surface area contributed by atoms with Gasteiger partial charge in [-0.2, -0.15) is 0 Å². The molecule has 9 nitrogen and oxygen atoms in total. The first-order valence-corrected chi connectivity index (χ1v) is 14.8. The molecule has 13 heteroatoms. The summed E-state index contributed by atoms with van der Waals surface area (Å²) in [6.45, 7) is 2.42. The van der Waals surface area contributed by atoms with Gasteiger partial charge in [0.2, 0.25) is 0 Å². The molecule has 1 fully saturated rings. The Bertz CT molecular complexity index is 1780. The van der Waals surface area contributed by atoms with Crippen molar-refractivity contribution in [2.75, 3.05) is 12.4 Å². The number of halogens is 3. The molecule has 2 N–H and O–H groups in total. The van der Waals surface area contributed by atoms with Crippen molar-refractivity contribution in [3.63, 3.8) is 0 Å². The molecule has 228 valence electrons. The van der Waals surface area contributed by atoms with Crippen molar-refractivity contribution >= 4 is 34.6 Å². The van der Waals surface area contributed by atoms with E-state index in [1.807, 2.05) is 4.57 Å². The molecule has 0 radical (unpaired) electrons. The van der Waals surface area contributed by atoms with E-state index in [-0.39, 0.29) is 23.1 Å². The lowest BCUT2D eigenvalue weighted by atomic mass is 9.73. The third kappa shape index (κ3) is 5.19. The number of alkyl halides is 2. The minimum Gasteiger partial charge on any atom is -0.380 e. The van der Waals surface area contributed by atoms with Gasteiger partial charge < -0.3 is 19.9 Å². The van der Waals surface area contributed by atoms with Gasteiger partial charge in [0.1, 0.15) is 21.9 Å². The van der Waals surface area contributed by atoms with E-state index in [9.17, 15) is 27.6 Å². The van der Waals surface area contributed by atoms with Crippen LogP contribution in [0.2, 0.25) is 0 Å². The number of rotatable bonds is 9. The number of fused-ring (bicyclic) bond motifs is 1. The van der Waals surface area contributed by atoms with E-state index in [1.54, 1.807) is 25.1 Å². The molecule has 0 atom stereocenters. The second-order valence-electron chi connectivity index (χ2n) is 11.1. The van der Waals surface area contributed by atoms with Gasteiger partial charge in [-0.3, -0.25) is 14.4 Å². The van der Waals surface area contributed by atoms with Gasteiger partial charge in [0, 0.05) is 54.6 Å². The van der Waals surface area contributed by atoms with Crippen LogP contribution in [0.1, 0.15) is 61.8 Å². The van der Waals surface area contributed by atoms with Gasteiger partial charge in [0.25, 0.3) is 23.5 Å². The Morgan fingerprint density at radius 1 is 1.14 bits per heavy atom. The van der Waals surface area contributed by atoms with Crippen molar-refractivity contribution < 1.29 is 32.3 Å². The monoisotopic (exact) mass is 623 g/mol. The standard InChI is InChI=1S/C31H28F3N5O4S/c1-17-24(27(41)36-19-9-10-22(32)18(12-19)13-43-2)23-8-5-11-39(23)25(17)20-6-3-4-7-21(20)26(40)28(42)37-30(14-31(33,34)15-30)29-38-35-16-44-29/h3-4,6-7,9-10,12,16H,5,8,11,13-15H2,1-2H3,(H,36,41)(H,37,42). The number of Topliss-reactive ketones (excluding diaryl/α,β-unsaturated/α-hetero) is 1. The average Bonchev–Trinajstić information content (AvgIpc) is 3.72. The fourth-order valence-corrected chi connectivity index (χ4v) is 6.98. The largest absolute Gasteiger partial charge is 0.380 e. The van der Waals surface area contributed by atoms with Gasteiger partial charge in [-0.05, 0) is 43.5 Å². The first-order valence-electron chi connectivity index (χ1n) is 13.9. The third-order valence-electron chi connectivity index (χ3n) is 8.12. The molecular weight excluding hydrogens is 595 g/mol. The van der Waals surface area contributed by atoms with Crippen LogP contribution < -0.4 is 10.6 Å². The van der Waals surface area contributed by atoms with Crippen molar-refractivity contribution in [3.05, 3.63) is 86.7 Å². The van der Waals surface area contributed by atoms with Crippen LogP contribution in [0.5, 0.6) is 0 Å². The second-order valence-corrected chi connectivity index (χ2v) is 11.9. The van der Waals surface area contributed by atoms with E-state index < -0.39 is 41.8 Å². The van der Waals surface area contributed by atoms with Crippen molar-refractivity contribution in [1.82, 2.24) is 20.1 Å². The fourth-order valence-electron chi connectivity index (χ4n) is 6.27. The maximum Gasteiger partial charge on any atom is 0.293 e. The smallest absolute Gasteiger partial charge is 0.293 e. The molecule has 0 unspecified atom stereocenters. The van der Waals surface area contributed by atoms with Gasteiger partial charge in [-0.25, -0.2) is 13.2 Å². The Kier molecular flexibility index (Phi) is 7.62. The lowest BCUT2D eigenvalue weighted by molar-refractivity contribution is -0.147. The van der Waals surface area contributed by atoms with E-state index in [2.05, 4.69) is 20.8 Å². The highest BCUT2D eigenvalue weighted by molar-refractivity contribution is 7.09. The molecule has 2 amide bonds. The zero-order valence-corrected chi connectivity index (χ0v) is 24.7. The summed E-state index contributed by atoms with van der Waals surface area (Å²) in [7, 11) is 1.45. The molecule has 2 aromatic heterocycles. The number of ether oxygens (including phenoxy) is 1. The molecular formula is C31H28F3N5O4S. The number of ketones is 1. The minimum absolute atomic E-state index is 0.0447. The molecule has 4 aromatic rings. The number of benzene rings is 2. The molecule has 3 heterocycles. The average molecular weight is 624 g/mol. The molecule has 44 heavy (non-hydrogen) atoms. The first kappa shape index (κ1) is 29.7.